The minimum Gasteiger partial charge on any atom is -0.467 e. The zero-order valence-corrected chi connectivity index (χ0v) is 19.6. The van der Waals surface area contributed by atoms with Crippen molar-refractivity contribution in [1.29, 1.82) is 0 Å². The van der Waals surface area contributed by atoms with Gasteiger partial charge >= 0.3 is 0 Å². The van der Waals surface area contributed by atoms with E-state index in [1.165, 1.54) is 4.57 Å². The number of carbonyl (C=O) groups excluding carboxylic acids is 2. The molecule has 8 nitrogen and oxygen atoms in total. The number of carbonyl (C=O) groups is 2. The second-order valence-electron chi connectivity index (χ2n) is 7.74. The molecule has 2 heterocycles. The smallest absolute Gasteiger partial charge is 0.262 e. The van der Waals surface area contributed by atoms with Crippen molar-refractivity contribution in [2.24, 2.45) is 0 Å². The van der Waals surface area contributed by atoms with E-state index in [-0.39, 0.29) is 36.2 Å². The maximum Gasteiger partial charge on any atom is 0.262 e. The van der Waals surface area contributed by atoms with Crippen LogP contribution in [0.25, 0.3) is 10.9 Å². The van der Waals surface area contributed by atoms with E-state index < -0.39 is 0 Å². The van der Waals surface area contributed by atoms with Crippen molar-refractivity contribution in [1.82, 2.24) is 14.9 Å². The highest BCUT2D eigenvalue weighted by molar-refractivity contribution is 7.99. The molecule has 0 aliphatic carbocycles. The van der Waals surface area contributed by atoms with Gasteiger partial charge < -0.3 is 15.1 Å². The van der Waals surface area contributed by atoms with Gasteiger partial charge in [-0.15, -0.1) is 0 Å². The molecule has 9 heteroatoms. The maximum atomic E-state index is 13.1. The van der Waals surface area contributed by atoms with Crippen molar-refractivity contribution < 1.29 is 14.0 Å². The third-order valence-corrected chi connectivity index (χ3v) is 6.35. The summed E-state index contributed by atoms with van der Waals surface area (Å²) in [6.07, 6.45) is 1.54. The lowest BCUT2D eigenvalue weighted by molar-refractivity contribution is -0.122. The molecule has 0 saturated heterocycles. The molecule has 0 saturated carbocycles. The number of nitrogens with one attached hydrogen (secondary N) is 2. The van der Waals surface area contributed by atoms with Crippen LogP contribution in [0.3, 0.4) is 0 Å². The first kappa shape index (κ1) is 23.3. The molecule has 2 aromatic carbocycles. The van der Waals surface area contributed by atoms with Gasteiger partial charge in [0.25, 0.3) is 5.56 Å². The predicted molar refractivity (Wildman–Crippen MR) is 132 cm³/mol. The van der Waals surface area contributed by atoms with E-state index in [1.54, 1.807) is 42.7 Å². The summed E-state index contributed by atoms with van der Waals surface area (Å²) in [6.45, 7) is 3.94. The zero-order chi connectivity index (χ0) is 24.1. The van der Waals surface area contributed by atoms with Gasteiger partial charge in [-0.25, -0.2) is 4.98 Å². The lowest BCUT2D eigenvalue weighted by Crippen LogP contribution is -2.34. The van der Waals surface area contributed by atoms with Crippen LogP contribution in [0.15, 0.2) is 75.2 Å². The summed E-state index contributed by atoms with van der Waals surface area (Å²) >= 11 is 1.13. The van der Waals surface area contributed by atoms with E-state index in [0.717, 1.165) is 28.6 Å². The van der Waals surface area contributed by atoms with Crippen LogP contribution in [0.1, 0.15) is 16.9 Å². The van der Waals surface area contributed by atoms with Crippen molar-refractivity contribution in [3.8, 4) is 0 Å². The fourth-order valence-electron chi connectivity index (χ4n) is 3.40. The summed E-state index contributed by atoms with van der Waals surface area (Å²) in [5, 5.41) is 6.32. The third-order valence-electron chi connectivity index (χ3n) is 5.38. The SMILES string of the molecule is Cc1cccc(NC(=O)CNC(=O)CSc2nc3ccccc3c(=O)n2Cc2ccco2)c1C. The van der Waals surface area contributed by atoms with Crippen LogP contribution in [0, 0.1) is 13.8 Å². The Morgan fingerprint density at radius 2 is 1.85 bits per heavy atom. The lowest BCUT2D eigenvalue weighted by Gasteiger charge is -2.13. The molecule has 2 amide bonds. The molecular formula is C25H24N4O4S. The van der Waals surface area contributed by atoms with Crippen LogP contribution in [0.2, 0.25) is 0 Å². The highest BCUT2D eigenvalue weighted by Gasteiger charge is 2.15. The zero-order valence-electron chi connectivity index (χ0n) is 18.8. The summed E-state index contributed by atoms with van der Waals surface area (Å²) in [5.74, 6) is -0.0491. The fraction of sp³-hybridized carbons (Fsp3) is 0.200. The molecule has 174 valence electrons. The Balaban J connectivity index is 1.42. The average molecular weight is 477 g/mol. The summed E-state index contributed by atoms with van der Waals surface area (Å²) in [4.78, 5) is 42.4. The molecule has 4 rings (SSSR count). The van der Waals surface area contributed by atoms with Gasteiger partial charge in [0.2, 0.25) is 11.8 Å². The molecule has 2 N–H and O–H groups in total. The second kappa shape index (κ2) is 10.4. The minimum absolute atomic E-state index is 0.000310. The van der Waals surface area contributed by atoms with E-state index in [0.29, 0.717) is 21.8 Å². The first-order valence-electron chi connectivity index (χ1n) is 10.7. The molecule has 2 aromatic heterocycles. The quantitative estimate of drug-likeness (QED) is 0.298. The van der Waals surface area contributed by atoms with Gasteiger partial charge in [-0.3, -0.25) is 19.0 Å². The molecule has 0 spiro atoms. The number of anilines is 1. The number of fused-ring (bicyclic) bond motifs is 1. The molecule has 0 aliphatic rings. The van der Waals surface area contributed by atoms with E-state index in [4.69, 9.17) is 4.42 Å². The van der Waals surface area contributed by atoms with Crippen LogP contribution in [-0.2, 0) is 16.1 Å². The van der Waals surface area contributed by atoms with Crippen LogP contribution < -0.4 is 16.2 Å². The van der Waals surface area contributed by atoms with Crippen LogP contribution in [-0.4, -0.2) is 33.7 Å². The molecule has 0 fully saturated rings. The Morgan fingerprint density at radius 3 is 2.65 bits per heavy atom. The Hall–Kier alpha value is -3.85. The molecule has 0 radical (unpaired) electrons. The number of hydrogen-bond donors (Lipinski definition) is 2. The summed E-state index contributed by atoms with van der Waals surface area (Å²) in [7, 11) is 0. The normalized spacial score (nSPS) is 10.9. The number of aryl methyl sites for hydroxylation is 1. The summed E-state index contributed by atoms with van der Waals surface area (Å²) in [6, 6.07) is 16.3. The van der Waals surface area contributed by atoms with Crippen molar-refractivity contribution in [2.45, 2.75) is 25.5 Å². The number of nitrogens with zero attached hydrogens (tertiary/aromatic N) is 2. The minimum atomic E-state index is -0.340. The number of benzene rings is 2. The number of para-hydroxylation sites is 1. The number of hydrogen-bond acceptors (Lipinski definition) is 6. The van der Waals surface area contributed by atoms with Gasteiger partial charge in [0.15, 0.2) is 5.16 Å². The monoisotopic (exact) mass is 476 g/mol. The first-order chi connectivity index (χ1) is 16.4. The summed E-state index contributed by atoms with van der Waals surface area (Å²) in [5.41, 5.74) is 3.11. The van der Waals surface area contributed by atoms with Gasteiger partial charge in [-0.2, -0.15) is 0 Å². The molecule has 4 aromatic rings. The van der Waals surface area contributed by atoms with Gasteiger partial charge in [-0.1, -0.05) is 36.0 Å². The van der Waals surface area contributed by atoms with Crippen LogP contribution >= 0.6 is 11.8 Å². The highest BCUT2D eigenvalue weighted by Crippen LogP contribution is 2.19. The maximum absolute atomic E-state index is 13.1. The van der Waals surface area contributed by atoms with Gasteiger partial charge in [0.05, 0.1) is 36.0 Å². The van der Waals surface area contributed by atoms with Gasteiger partial charge in [0, 0.05) is 5.69 Å². The number of thioether (sulfide) groups is 1. The Kier molecular flexibility index (Phi) is 7.12. The first-order valence-corrected chi connectivity index (χ1v) is 11.7. The van der Waals surface area contributed by atoms with Gasteiger partial charge in [-0.05, 0) is 55.3 Å². The molecular weight excluding hydrogens is 452 g/mol. The molecule has 0 bridgehead atoms. The second-order valence-corrected chi connectivity index (χ2v) is 8.69. The molecule has 0 aliphatic heterocycles. The average Bonchev–Trinajstić information content (AvgIpc) is 3.35. The topological polar surface area (TPSA) is 106 Å². The molecule has 34 heavy (non-hydrogen) atoms. The van der Waals surface area contributed by atoms with Crippen molar-refractivity contribution in [3.63, 3.8) is 0 Å². The summed E-state index contributed by atoms with van der Waals surface area (Å²) < 4.78 is 6.89. The number of aromatic nitrogens is 2. The number of rotatable bonds is 8. The number of furan rings is 1. The lowest BCUT2D eigenvalue weighted by atomic mass is 10.1. The van der Waals surface area contributed by atoms with E-state index in [9.17, 15) is 14.4 Å². The molecule has 0 atom stereocenters. The van der Waals surface area contributed by atoms with Crippen LogP contribution in [0.5, 0.6) is 0 Å². The highest BCUT2D eigenvalue weighted by atomic mass is 32.2. The third kappa shape index (κ3) is 5.37. The van der Waals surface area contributed by atoms with Gasteiger partial charge in [0.1, 0.15) is 5.76 Å². The Bertz CT molecular complexity index is 1400. The van der Waals surface area contributed by atoms with Crippen molar-refractivity contribution in [3.05, 3.63) is 88.1 Å². The fourth-order valence-corrected chi connectivity index (χ4v) is 4.23. The standard InChI is InChI=1S/C25H24N4O4S/c1-16-7-5-11-20(17(16)2)27-22(30)13-26-23(31)15-34-25-28-21-10-4-3-9-19(21)24(32)29(25)14-18-8-6-12-33-18/h3-12H,13-15H2,1-2H3,(H,26,31)(H,27,30). The van der Waals surface area contributed by atoms with Crippen molar-refractivity contribution in [2.75, 3.05) is 17.6 Å². The van der Waals surface area contributed by atoms with E-state index in [1.807, 2.05) is 32.0 Å². The Morgan fingerprint density at radius 1 is 1.03 bits per heavy atom. The van der Waals surface area contributed by atoms with Crippen LogP contribution in [0.4, 0.5) is 5.69 Å². The number of amides is 2. The van der Waals surface area contributed by atoms with E-state index in [2.05, 4.69) is 15.6 Å². The Labute approximate surface area is 200 Å². The van der Waals surface area contributed by atoms with Crippen molar-refractivity contribution >= 4 is 40.2 Å². The molecule has 0 unspecified atom stereocenters. The predicted octanol–water partition coefficient (Wildman–Crippen LogP) is 3.50. The largest absolute Gasteiger partial charge is 0.467 e. The van der Waals surface area contributed by atoms with E-state index >= 15 is 0 Å².